The summed E-state index contributed by atoms with van der Waals surface area (Å²) in [4.78, 5) is 15.3. The van der Waals surface area contributed by atoms with Gasteiger partial charge in [-0.15, -0.1) is 0 Å². The Morgan fingerprint density at radius 3 is 1.39 bits per heavy atom. The standard InChI is InChI=1S/C45H29N3O/c1-5-14-30(15-6-1)34-24-25-41-40(29-34)38-22-13-23-39(42(38)49-41)45-47-43(33-20-11-4-12-21-33)46-44(48-45)37-27-35(31-16-7-2-8-17-31)26-36(28-37)32-18-9-3-10-19-32/h1-29H. The van der Waals surface area contributed by atoms with Gasteiger partial charge >= 0.3 is 0 Å². The molecule has 4 nitrogen and oxygen atoms in total. The number of benzene rings is 7. The van der Waals surface area contributed by atoms with Gasteiger partial charge in [0.25, 0.3) is 0 Å². The normalized spacial score (nSPS) is 11.3. The van der Waals surface area contributed by atoms with Gasteiger partial charge in [0.05, 0.1) is 5.56 Å². The Balaban J connectivity index is 1.26. The molecule has 0 N–H and O–H groups in total. The molecule has 2 heterocycles. The van der Waals surface area contributed by atoms with E-state index in [1.807, 2.05) is 54.6 Å². The first kappa shape index (κ1) is 28.6. The number of hydrogen-bond donors (Lipinski definition) is 0. The maximum absolute atomic E-state index is 6.57. The Morgan fingerprint density at radius 2 is 0.796 bits per heavy atom. The Bertz CT molecular complexity index is 2520. The Hall–Kier alpha value is -6.65. The molecule has 0 aliphatic carbocycles. The van der Waals surface area contributed by atoms with Gasteiger partial charge in [0, 0.05) is 21.9 Å². The van der Waals surface area contributed by atoms with Gasteiger partial charge in [-0.05, 0) is 69.8 Å². The van der Waals surface area contributed by atoms with E-state index in [4.69, 9.17) is 19.4 Å². The molecule has 0 saturated carbocycles. The van der Waals surface area contributed by atoms with Crippen molar-refractivity contribution < 1.29 is 4.42 Å². The van der Waals surface area contributed by atoms with Crippen molar-refractivity contribution in [3.63, 3.8) is 0 Å². The maximum Gasteiger partial charge on any atom is 0.167 e. The summed E-state index contributed by atoms with van der Waals surface area (Å²) in [6, 6.07) is 60.5. The third-order valence-corrected chi connectivity index (χ3v) is 8.92. The van der Waals surface area contributed by atoms with Crippen LogP contribution in [0.2, 0.25) is 0 Å². The average molecular weight is 628 g/mol. The van der Waals surface area contributed by atoms with Crippen LogP contribution in [0.5, 0.6) is 0 Å². The molecule has 7 aromatic carbocycles. The molecule has 0 unspecified atom stereocenters. The summed E-state index contributed by atoms with van der Waals surface area (Å²) in [7, 11) is 0. The average Bonchev–Trinajstić information content (AvgIpc) is 3.57. The van der Waals surface area contributed by atoms with E-state index in [1.54, 1.807) is 0 Å². The lowest BCUT2D eigenvalue weighted by atomic mass is 9.96. The second-order valence-electron chi connectivity index (χ2n) is 12.1. The maximum atomic E-state index is 6.57. The van der Waals surface area contributed by atoms with Crippen molar-refractivity contribution in [3.8, 4) is 67.5 Å². The topological polar surface area (TPSA) is 51.8 Å². The minimum absolute atomic E-state index is 0.558. The number of fused-ring (bicyclic) bond motifs is 3. The van der Waals surface area contributed by atoms with Crippen LogP contribution in [0.4, 0.5) is 0 Å². The highest BCUT2D eigenvalue weighted by Crippen LogP contribution is 2.38. The fraction of sp³-hybridized carbons (Fsp3) is 0. The SMILES string of the molecule is c1ccc(-c2cc(-c3ccccc3)cc(-c3nc(-c4ccccc4)nc(-c4cccc5c4oc4ccc(-c6ccccc6)cc45)n3)c2)cc1. The van der Waals surface area contributed by atoms with Crippen LogP contribution in [0.3, 0.4) is 0 Å². The van der Waals surface area contributed by atoms with E-state index >= 15 is 0 Å². The van der Waals surface area contributed by atoms with E-state index in [1.165, 1.54) is 0 Å². The molecule has 230 valence electrons. The van der Waals surface area contributed by atoms with Crippen LogP contribution in [0.25, 0.3) is 89.5 Å². The molecule has 9 rings (SSSR count). The minimum Gasteiger partial charge on any atom is -0.455 e. The smallest absolute Gasteiger partial charge is 0.167 e. The van der Waals surface area contributed by atoms with Crippen molar-refractivity contribution in [1.82, 2.24) is 15.0 Å². The van der Waals surface area contributed by atoms with Gasteiger partial charge in [-0.25, -0.2) is 15.0 Å². The van der Waals surface area contributed by atoms with Gasteiger partial charge in [0.2, 0.25) is 0 Å². The number of para-hydroxylation sites is 1. The molecule has 9 aromatic rings. The zero-order valence-electron chi connectivity index (χ0n) is 26.5. The van der Waals surface area contributed by atoms with E-state index in [9.17, 15) is 0 Å². The van der Waals surface area contributed by atoms with E-state index < -0.39 is 0 Å². The lowest BCUT2D eigenvalue weighted by Crippen LogP contribution is -2.00. The first-order chi connectivity index (χ1) is 24.3. The summed E-state index contributed by atoms with van der Waals surface area (Å²) >= 11 is 0. The van der Waals surface area contributed by atoms with Crippen LogP contribution in [0.1, 0.15) is 0 Å². The summed E-state index contributed by atoms with van der Waals surface area (Å²) in [5.74, 6) is 1.76. The van der Waals surface area contributed by atoms with Gasteiger partial charge in [-0.3, -0.25) is 0 Å². The fourth-order valence-corrected chi connectivity index (χ4v) is 6.48. The summed E-state index contributed by atoms with van der Waals surface area (Å²) in [6.07, 6.45) is 0. The summed E-state index contributed by atoms with van der Waals surface area (Å²) in [5.41, 5.74) is 11.0. The second kappa shape index (κ2) is 12.2. The molecule has 0 atom stereocenters. The molecule has 0 aliphatic heterocycles. The monoisotopic (exact) mass is 627 g/mol. The molecule has 0 fully saturated rings. The number of furan rings is 1. The zero-order chi connectivity index (χ0) is 32.6. The molecule has 4 heteroatoms. The quantitative estimate of drug-likeness (QED) is 0.184. The third kappa shape index (κ3) is 5.45. The summed E-state index contributed by atoms with van der Waals surface area (Å²) < 4.78 is 6.57. The molecule has 0 bridgehead atoms. The fourth-order valence-electron chi connectivity index (χ4n) is 6.48. The Morgan fingerprint density at radius 1 is 0.306 bits per heavy atom. The molecule has 0 spiro atoms. The molecular formula is C45H29N3O. The molecule has 0 saturated heterocycles. The van der Waals surface area contributed by atoms with Gasteiger partial charge in [0.1, 0.15) is 11.2 Å². The minimum atomic E-state index is 0.558. The van der Waals surface area contributed by atoms with Gasteiger partial charge < -0.3 is 4.42 Å². The lowest BCUT2D eigenvalue weighted by Gasteiger charge is -2.12. The van der Waals surface area contributed by atoms with Gasteiger partial charge in [-0.1, -0.05) is 140 Å². The van der Waals surface area contributed by atoms with Crippen molar-refractivity contribution in [2.75, 3.05) is 0 Å². The van der Waals surface area contributed by atoms with Crippen LogP contribution >= 0.6 is 0 Å². The highest BCUT2D eigenvalue weighted by molar-refractivity contribution is 6.10. The van der Waals surface area contributed by atoms with E-state index in [-0.39, 0.29) is 0 Å². The molecule has 49 heavy (non-hydrogen) atoms. The van der Waals surface area contributed by atoms with Crippen molar-refractivity contribution >= 4 is 21.9 Å². The number of rotatable bonds is 6. The Labute approximate surface area is 284 Å². The Kier molecular flexibility index (Phi) is 7.10. The van der Waals surface area contributed by atoms with Crippen molar-refractivity contribution in [2.45, 2.75) is 0 Å². The molecule has 2 aromatic heterocycles. The van der Waals surface area contributed by atoms with Crippen molar-refractivity contribution in [2.24, 2.45) is 0 Å². The summed E-state index contributed by atoms with van der Waals surface area (Å²) in [6.45, 7) is 0. The van der Waals surface area contributed by atoms with Crippen LogP contribution < -0.4 is 0 Å². The highest BCUT2D eigenvalue weighted by Gasteiger charge is 2.19. The molecule has 0 amide bonds. The predicted molar refractivity (Wildman–Crippen MR) is 200 cm³/mol. The van der Waals surface area contributed by atoms with Gasteiger partial charge in [0.15, 0.2) is 17.5 Å². The molecule has 0 radical (unpaired) electrons. The van der Waals surface area contributed by atoms with Crippen molar-refractivity contribution in [1.29, 1.82) is 0 Å². The zero-order valence-corrected chi connectivity index (χ0v) is 26.5. The van der Waals surface area contributed by atoms with Gasteiger partial charge in [-0.2, -0.15) is 0 Å². The molecular weight excluding hydrogens is 599 g/mol. The van der Waals surface area contributed by atoms with E-state index in [0.29, 0.717) is 17.5 Å². The molecule has 0 aliphatic rings. The summed E-state index contributed by atoms with van der Waals surface area (Å²) in [5, 5.41) is 2.07. The predicted octanol–water partition coefficient (Wildman–Crippen LogP) is 11.8. The number of aromatic nitrogens is 3. The highest BCUT2D eigenvalue weighted by atomic mass is 16.3. The first-order valence-corrected chi connectivity index (χ1v) is 16.4. The largest absolute Gasteiger partial charge is 0.455 e. The van der Waals surface area contributed by atoms with Crippen LogP contribution in [0.15, 0.2) is 180 Å². The number of nitrogens with zero attached hydrogens (tertiary/aromatic N) is 3. The van der Waals surface area contributed by atoms with Crippen LogP contribution in [0, 0.1) is 0 Å². The number of hydrogen-bond acceptors (Lipinski definition) is 4. The first-order valence-electron chi connectivity index (χ1n) is 16.4. The van der Waals surface area contributed by atoms with Crippen LogP contribution in [-0.4, -0.2) is 15.0 Å². The third-order valence-electron chi connectivity index (χ3n) is 8.92. The lowest BCUT2D eigenvalue weighted by molar-refractivity contribution is 0.669. The van der Waals surface area contributed by atoms with E-state index in [2.05, 4.69) is 121 Å². The van der Waals surface area contributed by atoms with E-state index in [0.717, 1.165) is 72.0 Å². The second-order valence-corrected chi connectivity index (χ2v) is 12.1. The van der Waals surface area contributed by atoms with Crippen LogP contribution in [-0.2, 0) is 0 Å². The van der Waals surface area contributed by atoms with Crippen molar-refractivity contribution in [3.05, 3.63) is 176 Å².